The Labute approximate surface area is 573 Å². The Bertz CT molecular complexity index is 2870. The Morgan fingerprint density at radius 1 is 0.464 bits per heavy atom. The predicted octanol–water partition coefficient (Wildman–Crippen LogP) is 5.86. The number of benzene rings is 4. The summed E-state index contributed by atoms with van der Waals surface area (Å²) in [6, 6.07) is 32.1. The van der Waals surface area contributed by atoms with Gasteiger partial charge in [-0.15, -0.1) is 0 Å². The van der Waals surface area contributed by atoms with Gasteiger partial charge in [0.15, 0.2) is 5.78 Å². The Balaban J connectivity index is 0.727. The van der Waals surface area contributed by atoms with Crippen LogP contribution < -0.4 is 47.9 Å². The molecule has 4 aromatic carbocycles. The SMILES string of the molecule is CC[C@H](NC)C(=O)N[C@@H]1C(=O)N2[C@@H](CC[C@@H]1CCNCc1ccccc1)CC[C@H]2C(=O)N[C@H](C(=O)CCCCOCCOCCOCCCNC(=O)[C@@H](NC(=O)[C@@H]1CC[C@@H]2CC[C@H](CCNCc3ccccc3)[C@H](NC(=O)[C@H](CC)NC)C(=O)N21)c1ccccc1)c1ccccc1. The zero-order valence-electron chi connectivity index (χ0n) is 57.5. The van der Waals surface area contributed by atoms with Gasteiger partial charge in [-0.25, -0.2) is 0 Å². The molecule has 4 aliphatic heterocycles. The Morgan fingerprint density at radius 2 is 0.866 bits per heavy atom. The number of nitrogens with zero attached hydrogens (tertiary/aromatic N) is 2. The fourth-order valence-corrected chi connectivity index (χ4v) is 14.2. The molecule has 7 amide bonds. The summed E-state index contributed by atoms with van der Waals surface area (Å²) < 4.78 is 17.4. The molecule has 0 spiro atoms. The van der Waals surface area contributed by atoms with Gasteiger partial charge in [-0.1, -0.05) is 135 Å². The van der Waals surface area contributed by atoms with Gasteiger partial charge in [0, 0.05) is 51.4 Å². The molecule has 528 valence electrons. The highest BCUT2D eigenvalue weighted by molar-refractivity contribution is 5.97. The minimum Gasteiger partial charge on any atom is -0.379 e. The summed E-state index contributed by atoms with van der Waals surface area (Å²) in [5.74, 6) is -2.60. The maximum Gasteiger partial charge on any atom is 0.247 e. The average Bonchev–Trinajstić information content (AvgIpc) is 1.67. The molecule has 22 heteroatoms. The van der Waals surface area contributed by atoms with Crippen LogP contribution in [0.15, 0.2) is 121 Å². The summed E-state index contributed by atoms with van der Waals surface area (Å²) >= 11 is 0. The van der Waals surface area contributed by atoms with Crippen molar-refractivity contribution in [1.82, 2.24) is 57.7 Å². The highest BCUT2D eigenvalue weighted by atomic mass is 16.5. The van der Waals surface area contributed by atoms with Crippen molar-refractivity contribution in [3.8, 4) is 0 Å². The first-order chi connectivity index (χ1) is 47.3. The number of amides is 7. The molecule has 22 nitrogen and oxygen atoms in total. The van der Waals surface area contributed by atoms with E-state index < -0.39 is 54.2 Å². The normalized spacial score (nSPS) is 22.0. The summed E-state index contributed by atoms with van der Waals surface area (Å²) in [5, 5.41) is 28.4. The third kappa shape index (κ3) is 22.3. The molecule has 4 heterocycles. The molecule has 8 rings (SSSR count). The van der Waals surface area contributed by atoms with Crippen LogP contribution in [0.1, 0.15) is 151 Å². The van der Waals surface area contributed by atoms with Gasteiger partial charge < -0.3 is 71.9 Å². The molecular formula is C75H107N11O11. The number of ether oxygens (including phenoxy) is 3. The van der Waals surface area contributed by atoms with Crippen LogP contribution in [0.5, 0.6) is 0 Å². The lowest BCUT2D eigenvalue weighted by atomic mass is 9.90. The smallest absolute Gasteiger partial charge is 0.247 e. The van der Waals surface area contributed by atoms with Crippen molar-refractivity contribution in [2.75, 3.05) is 73.4 Å². The number of Topliss-reactive ketones (excluding diaryl/α,β-unsaturated/α-hetero) is 1. The molecule has 4 aliphatic rings. The van der Waals surface area contributed by atoms with Crippen LogP contribution in [-0.2, 0) is 65.7 Å². The van der Waals surface area contributed by atoms with Crippen molar-refractivity contribution in [2.24, 2.45) is 11.8 Å². The zero-order valence-corrected chi connectivity index (χ0v) is 57.5. The standard InChI is InChI=1S/C75H107N11O11/c1-5-60(76-3)69(88)83-67-56(39-42-78-50-52-22-11-7-12-23-52)31-33-58-35-37-62(85(58)74(67)93)71(90)81-65(54-26-15-9-16-27-54)64(87)30-19-20-44-95-46-48-97-49-47-96-45-21-41-80-73(92)66(55-28-17-10-18-29-55)82-72(91)63-38-36-59-34-32-57(40-43-79-51-53-24-13-8-14-25-53)68(75(94)86(59)63)84-70(89)61(6-2)77-4/h7-18,22-29,56-63,65-68,76-79H,5-6,19-21,30-51H2,1-4H3,(H,80,92)(H,81,90)(H,82,91)(H,83,88)(H,84,89)/t56-,57-,58+,59+,60+,61+,62+,63+,65+,66+,67+,68+/m1/s1. The molecule has 12 atom stereocenters. The van der Waals surface area contributed by atoms with Crippen molar-refractivity contribution in [3.05, 3.63) is 144 Å². The Kier molecular flexibility index (Phi) is 31.4. The van der Waals surface area contributed by atoms with Gasteiger partial charge in [0.25, 0.3) is 0 Å². The largest absolute Gasteiger partial charge is 0.379 e. The van der Waals surface area contributed by atoms with E-state index in [-0.39, 0.29) is 71.6 Å². The molecule has 9 N–H and O–H groups in total. The van der Waals surface area contributed by atoms with Crippen molar-refractivity contribution >= 4 is 47.1 Å². The molecular weight excluding hydrogens is 1230 g/mol. The maximum atomic E-state index is 14.8. The zero-order chi connectivity index (χ0) is 68.7. The lowest BCUT2D eigenvalue weighted by molar-refractivity contribution is -0.144. The number of likely N-dealkylation sites (N-methyl/N-ethyl adjacent to an activating group) is 2. The molecule has 0 aromatic heterocycles. The third-order valence-electron chi connectivity index (χ3n) is 19.7. The Hall–Kier alpha value is -7.44. The van der Waals surface area contributed by atoms with Crippen molar-refractivity contribution in [2.45, 2.75) is 190 Å². The van der Waals surface area contributed by atoms with Crippen LogP contribution in [0.25, 0.3) is 0 Å². The number of fused-ring (bicyclic) bond motifs is 2. The number of carbonyl (C=O) groups is 8. The minimum absolute atomic E-state index is 0.136. The summed E-state index contributed by atoms with van der Waals surface area (Å²) in [7, 11) is 3.46. The van der Waals surface area contributed by atoms with E-state index in [1.807, 2.05) is 98.8 Å². The topological polar surface area (TPSA) is 279 Å². The second kappa shape index (κ2) is 40.4. The highest BCUT2D eigenvalue weighted by Gasteiger charge is 2.50. The number of ketones is 1. The lowest BCUT2D eigenvalue weighted by Crippen LogP contribution is -2.58. The van der Waals surface area contributed by atoms with E-state index in [1.165, 1.54) is 0 Å². The second-order valence-corrected chi connectivity index (χ2v) is 26.1. The lowest BCUT2D eigenvalue weighted by Gasteiger charge is -2.33. The summed E-state index contributed by atoms with van der Waals surface area (Å²) in [4.78, 5) is 117. The van der Waals surface area contributed by atoms with Crippen molar-refractivity contribution < 1.29 is 52.6 Å². The van der Waals surface area contributed by atoms with Crippen molar-refractivity contribution in [3.63, 3.8) is 0 Å². The number of nitrogens with one attached hydrogen (secondary N) is 9. The minimum atomic E-state index is -1.01. The van der Waals surface area contributed by atoms with E-state index in [0.717, 1.165) is 17.5 Å². The van der Waals surface area contributed by atoms with E-state index in [2.05, 4.69) is 72.1 Å². The van der Waals surface area contributed by atoms with E-state index in [4.69, 9.17) is 14.2 Å². The van der Waals surface area contributed by atoms with E-state index in [9.17, 15) is 38.4 Å². The van der Waals surface area contributed by atoms with Crippen LogP contribution in [0.2, 0.25) is 0 Å². The number of unbranched alkanes of at least 4 members (excludes halogenated alkanes) is 1. The van der Waals surface area contributed by atoms with Crippen LogP contribution >= 0.6 is 0 Å². The van der Waals surface area contributed by atoms with Crippen molar-refractivity contribution in [1.29, 1.82) is 0 Å². The first kappa shape index (κ1) is 75.3. The Morgan fingerprint density at radius 3 is 1.31 bits per heavy atom. The predicted molar refractivity (Wildman–Crippen MR) is 372 cm³/mol. The van der Waals surface area contributed by atoms with Gasteiger partial charge in [0.2, 0.25) is 41.4 Å². The van der Waals surface area contributed by atoms with E-state index in [1.54, 1.807) is 36.0 Å². The van der Waals surface area contributed by atoms with E-state index >= 15 is 0 Å². The molecule has 4 aromatic rings. The maximum absolute atomic E-state index is 14.8. The molecule has 0 bridgehead atoms. The van der Waals surface area contributed by atoms with Gasteiger partial charge in [-0.05, 0) is 158 Å². The highest BCUT2D eigenvalue weighted by Crippen LogP contribution is 2.37. The molecule has 0 radical (unpaired) electrons. The summed E-state index contributed by atoms with van der Waals surface area (Å²) in [6.45, 7) is 8.95. The number of rotatable bonds is 41. The fourth-order valence-electron chi connectivity index (χ4n) is 14.2. The van der Waals surface area contributed by atoms with Crippen LogP contribution in [0, 0.1) is 11.8 Å². The average molecular weight is 1340 g/mol. The van der Waals surface area contributed by atoms with Gasteiger partial charge in [0.1, 0.15) is 36.3 Å². The molecule has 0 saturated carbocycles. The number of hydrogen-bond acceptors (Lipinski definition) is 15. The first-order valence-electron chi connectivity index (χ1n) is 35.7. The number of hydrogen-bond donors (Lipinski definition) is 9. The van der Waals surface area contributed by atoms with Crippen LogP contribution in [-0.4, -0.2) is 179 Å². The van der Waals surface area contributed by atoms with E-state index in [0.29, 0.717) is 173 Å². The fraction of sp³-hybridized carbons (Fsp3) is 0.573. The van der Waals surface area contributed by atoms with Crippen LogP contribution in [0.4, 0.5) is 0 Å². The first-order valence-corrected chi connectivity index (χ1v) is 35.7. The summed E-state index contributed by atoms with van der Waals surface area (Å²) in [6.07, 6.45) is 9.34. The molecule has 4 fully saturated rings. The molecule has 4 saturated heterocycles. The third-order valence-corrected chi connectivity index (χ3v) is 19.7. The molecule has 97 heavy (non-hydrogen) atoms. The van der Waals surface area contributed by atoms with Gasteiger partial charge in [-0.3, -0.25) is 38.4 Å². The number of carbonyl (C=O) groups excluding carboxylic acids is 8. The summed E-state index contributed by atoms with van der Waals surface area (Å²) in [5.41, 5.74) is 3.59. The monoisotopic (exact) mass is 1340 g/mol. The van der Waals surface area contributed by atoms with Gasteiger partial charge in [-0.2, -0.15) is 0 Å². The van der Waals surface area contributed by atoms with Gasteiger partial charge >= 0.3 is 0 Å². The van der Waals surface area contributed by atoms with Crippen LogP contribution in [0.3, 0.4) is 0 Å². The second-order valence-electron chi connectivity index (χ2n) is 26.1. The molecule has 0 unspecified atom stereocenters. The molecule has 0 aliphatic carbocycles. The quantitative estimate of drug-likeness (QED) is 0.0235. The van der Waals surface area contributed by atoms with Gasteiger partial charge in [0.05, 0.1) is 38.5 Å².